The van der Waals surface area contributed by atoms with Crippen LogP contribution in [-0.4, -0.2) is 0 Å². The zero-order valence-corrected chi connectivity index (χ0v) is 18.7. The summed E-state index contributed by atoms with van der Waals surface area (Å²) in [5.41, 5.74) is 6.86. The third kappa shape index (κ3) is 3.75. The van der Waals surface area contributed by atoms with E-state index in [4.69, 9.17) is 0 Å². The highest BCUT2D eigenvalue weighted by Crippen LogP contribution is 2.34. The van der Waals surface area contributed by atoms with Gasteiger partial charge in [-0.2, -0.15) is 0 Å². The SMILES string of the molecule is C(#Cc1ccccc1-c1ccccc1)c1ccc(-c2cc3ccccc3c3ccccc23)cc1. The van der Waals surface area contributed by atoms with Crippen LogP contribution in [0.1, 0.15) is 11.1 Å². The number of benzene rings is 6. The summed E-state index contributed by atoms with van der Waals surface area (Å²) in [5.74, 6) is 6.76. The molecule has 158 valence electrons. The van der Waals surface area contributed by atoms with Crippen LogP contribution in [0, 0.1) is 11.8 Å². The van der Waals surface area contributed by atoms with Gasteiger partial charge in [-0.05, 0) is 68.1 Å². The van der Waals surface area contributed by atoms with Crippen LogP contribution in [0.4, 0.5) is 0 Å². The van der Waals surface area contributed by atoms with Crippen molar-refractivity contribution in [2.75, 3.05) is 0 Å². The Labute approximate surface area is 200 Å². The van der Waals surface area contributed by atoms with Gasteiger partial charge in [0.25, 0.3) is 0 Å². The first kappa shape index (κ1) is 20.0. The molecule has 6 aromatic rings. The summed E-state index contributed by atoms with van der Waals surface area (Å²) < 4.78 is 0. The molecule has 0 unspecified atom stereocenters. The molecule has 34 heavy (non-hydrogen) atoms. The van der Waals surface area contributed by atoms with Crippen molar-refractivity contribution in [2.45, 2.75) is 0 Å². The number of hydrogen-bond donors (Lipinski definition) is 0. The Morgan fingerprint density at radius 2 is 1.00 bits per heavy atom. The van der Waals surface area contributed by atoms with E-state index in [0.29, 0.717) is 0 Å². The molecule has 6 aromatic carbocycles. The summed E-state index contributed by atoms with van der Waals surface area (Å²) in [7, 11) is 0. The van der Waals surface area contributed by atoms with Gasteiger partial charge in [0.15, 0.2) is 0 Å². The lowest BCUT2D eigenvalue weighted by molar-refractivity contribution is 1.58. The predicted molar refractivity (Wildman–Crippen MR) is 145 cm³/mol. The fourth-order valence-electron chi connectivity index (χ4n) is 4.63. The van der Waals surface area contributed by atoms with Crippen molar-refractivity contribution in [1.82, 2.24) is 0 Å². The van der Waals surface area contributed by atoms with Crippen molar-refractivity contribution in [3.8, 4) is 34.1 Å². The predicted octanol–water partition coefficient (Wildman–Crippen LogP) is 8.73. The highest BCUT2D eigenvalue weighted by Gasteiger charge is 2.08. The van der Waals surface area contributed by atoms with E-state index in [9.17, 15) is 0 Å². The Bertz CT molecular complexity index is 1680. The van der Waals surface area contributed by atoms with Gasteiger partial charge in [-0.3, -0.25) is 0 Å². The lowest BCUT2D eigenvalue weighted by atomic mass is 9.93. The fraction of sp³-hybridized carbons (Fsp3) is 0. The molecular weight excluding hydrogens is 408 g/mol. The molecule has 0 heterocycles. The maximum atomic E-state index is 3.39. The molecule has 0 aromatic heterocycles. The van der Waals surface area contributed by atoms with E-state index < -0.39 is 0 Å². The normalized spacial score (nSPS) is 10.7. The van der Waals surface area contributed by atoms with E-state index in [-0.39, 0.29) is 0 Å². The molecule has 0 saturated carbocycles. The van der Waals surface area contributed by atoms with Crippen molar-refractivity contribution in [3.63, 3.8) is 0 Å². The highest BCUT2D eigenvalue weighted by atomic mass is 14.1. The summed E-state index contributed by atoms with van der Waals surface area (Å²) >= 11 is 0. The van der Waals surface area contributed by atoms with Crippen molar-refractivity contribution in [3.05, 3.63) is 145 Å². The van der Waals surface area contributed by atoms with E-state index >= 15 is 0 Å². The minimum absolute atomic E-state index is 1.01. The van der Waals surface area contributed by atoms with Gasteiger partial charge < -0.3 is 0 Å². The molecule has 0 bridgehead atoms. The average molecular weight is 431 g/mol. The third-order valence-corrected chi connectivity index (χ3v) is 6.32. The molecule has 0 atom stereocenters. The second-order valence-corrected chi connectivity index (χ2v) is 8.43. The number of rotatable bonds is 2. The Balaban J connectivity index is 1.38. The topological polar surface area (TPSA) is 0 Å². The summed E-state index contributed by atoms with van der Waals surface area (Å²) in [4.78, 5) is 0. The van der Waals surface area contributed by atoms with Crippen molar-refractivity contribution < 1.29 is 0 Å². The molecule has 0 aliphatic rings. The first-order valence-electron chi connectivity index (χ1n) is 11.5. The van der Waals surface area contributed by atoms with Crippen LogP contribution < -0.4 is 0 Å². The minimum atomic E-state index is 1.01. The minimum Gasteiger partial charge on any atom is -0.0622 e. The average Bonchev–Trinajstić information content (AvgIpc) is 2.92. The molecular formula is C34H22. The quantitative estimate of drug-likeness (QED) is 0.190. The van der Waals surface area contributed by atoms with E-state index in [0.717, 1.165) is 16.7 Å². The Kier molecular flexibility index (Phi) is 5.15. The number of fused-ring (bicyclic) bond motifs is 3. The van der Waals surface area contributed by atoms with Gasteiger partial charge in [0, 0.05) is 11.1 Å². The molecule has 0 saturated heterocycles. The van der Waals surface area contributed by atoms with E-state index in [1.807, 2.05) is 12.1 Å². The van der Waals surface area contributed by atoms with Gasteiger partial charge in [-0.15, -0.1) is 0 Å². The zero-order valence-electron chi connectivity index (χ0n) is 18.7. The van der Waals surface area contributed by atoms with Gasteiger partial charge in [0.05, 0.1) is 0 Å². The molecule has 6 rings (SSSR count). The molecule has 0 aliphatic carbocycles. The highest BCUT2D eigenvalue weighted by molar-refractivity contribution is 6.13. The van der Waals surface area contributed by atoms with Crippen molar-refractivity contribution in [2.24, 2.45) is 0 Å². The smallest absolute Gasteiger partial charge is 0.0327 e. The van der Waals surface area contributed by atoms with Crippen LogP contribution in [0.3, 0.4) is 0 Å². The molecule has 0 N–H and O–H groups in total. The van der Waals surface area contributed by atoms with Gasteiger partial charge in [0.1, 0.15) is 0 Å². The van der Waals surface area contributed by atoms with E-state index in [2.05, 4.69) is 133 Å². The molecule has 0 radical (unpaired) electrons. The van der Waals surface area contributed by atoms with Crippen LogP contribution in [0.25, 0.3) is 43.8 Å². The summed E-state index contributed by atoms with van der Waals surface area (Å²) in [5, 5.41) is 5.12. The van der Waals surface area contributed by atoms with Gasteiger partial charge in [0.2, 0.25) is 0 Å². The van der Waals surface area contributed by atoms with Crippen LogP contribution in [0.15, 0.2) is 133 Å². The van der Waals surface area contributed by atoms with Crippen molar-refractivity contribution >= 4 is 21.5 Å². The van der Waals surface area contributed by atoms with Gasteiger partial charge >= 0.3 is 0 Å². The lowest BCUT2D eigenvalue weighted by Gasteiger charge is -2.11. The maximum absolute atomic E-state index is 3.39. The number of hydrogen-bond acceptors (Lipinski definition) is 0. The largest absolute Gasteiger partial charge is 0.0622 e. The van der Waals surface area contributed by atoms with Crippen LogP contribution in [0.5, 0.6) is 0 Å². The monoisotopic (exact) mass is 430 g/mol. The summed E-state index contributed by atoms with van der Waals surface area (Å²) in [6.07, 6.45) is 0. The van der Waals surface area contributed by atoms with Gasteiger partial charge in [-0.25, -0.2) is 0 Å². The van der Waals surface area contributed by atoms with Crippen LogP contribution in [-0.2, 0) is 0 Å². The maximum Gasteiger partial charge on any atom is 0.0327 e. The molecule has 0 aliphatic heterocycles. The van der Waals surface area contributed by atoms with Gasteiger partial charge in [-0.1, -0.05) is 121 Å². The zero-order chi connectivity index (χ0) is 22.7. The van der Waals surface area contributed by atoms with Crippen molar-refractivity contribution in [1.29, 1.82) is 0 Å². The summed E-state index contributed by atoms with van der Waals surface area (Å²) in [6, 6.07) is 46.9. The first-order chi connectivity index (χ1) is 16.9. The van der Waals surface area contributed by atoms with E-state index in [1.54, 1.807) is 0 Å². The Morgan fingerprint density at radius 1 is 0.382 bits per heavy atom. The Hall–Kier alpha value is -4.60. The van der Waals surface area contributed by atoms with Crippen LogP contribution in [0.2, 0.25) is 0 Å². The molecule has 0 nitrogen and oxygen atoms in total. The third-order valence-electron chi connectivity index (χ3n) is 6.32. The second kappa shape index (κ2) is 8.74. The molecule has 0 fully saturated rings. The molecule has 0 amide bonds. The van der Waals surface area contributed by atoms with Crippen LogP contribution >= 0.6 is 0 Å². The second-order valence-electron chi connectivity index (χ2n) is 8.43. The Morgan fingerprint density at radius 3 is 1.82 bits per heavy atom. The summed E-state index contributed by atoms with van der Waals surface area (Å²) in [6.45, 7) is 0. The fourth-order valence-corrected chi connectivity index (χ4v) is 4.63. The molecule has 0 heteroatoms. The van der Waals surface area contributed by atoms with E-state index in [1.165, 1.54) is 38.2 Å². The first-order valence-corrected chi connectivity index (χ1v) is 11.5. The molecule has 0 spiro atoms. The standard InChI is InChI=1S/C34H22/c1-2-10-26(11-3-1)30-14-6-4-12-27(30)21-18-25-19-22-28(23-20-25)34-24-29-13-5-7-15-31(29)32-16-8-9-17-33(32)34/h1-17,19-20,22-24H. The lowest BCUT2D eigenvalue weighted by Crippen LogP contribution is -1.86.